The normalized spacial score (nSPS) is 12.0. The van der Waals surface area contributed by atoms with E-state index in [9.17, 15) is 10.1 Å². The third-order valence-corrected chi connectivity index (χ3v) is 4.70. The van der Waals surface area contributed by atoms with Crippen molar-refractivity contribution < 1.29 is 9.34 Å². The highest BCUT2D eigenvalue weighted by atomic mass is 32.2. The molecule has 1 aromatic heterocycles. The van der Waals surface area contributed by atoms with Crippen LogP contribution in [0.4, 0.5) is 5.69 Å². The van der Waals surface area contributed by atoms with E-state index in [2.05, 4.69) is 29.3 Å². The molecule has 1 unspecified atom stereocenters. The van der Waals surface area contributed by atoms with Crippen molar-refractivity contribution in [2.75, 3.05) is 0 Å². The molecule has 1 heterocycles. The van der Waals surface area contributed by atoms with Crippen LogP contribution in [0, 0.1) is 10.1 Å². The van der Waals surface area contributed by atoms with E-state index in [4.69, 9.17) is 4.42 Å². The predicted octanol–water partition coefficient (Wildman–Crippen LogP) is 4.62. The minimum Gasteiger partial charge on any atom is -0.416 e. The van der Waals surface area contributed by atoms with Gasteiger partial charge in [0.05, 0.1) is 4.92 Å². The second-order valence-electron chi connectivity index (χ2n) is 5.65. The van der Waals surface area contributed by atoms with Crippen LogP contribution in [0.15, 0.2) is 64.2 Å². The van der Waals surface area contributed by atoms with Crippen LogP contribution in [-0.2, 0) is 12.2 Å². The molecule has 0 saturated heterocycles. The molecule has 0 amide bonds. The third-order valence-electron chi connectivity index (χ3n) is 3.84. The van der Waals surface area contributed by atoms with Crippen molar-refractivity contribution in [2.45, 2.75) is 30.2 Å². The van der Waals surface area contributed by atoms with E-state index >= 15 is 0 Å². The third kappa shape index (κ3) is 4.45. The summed E-state index contributed by atoms with van der Waals surface area (Å²) >= 11 is 1.30. The van der Waals surface area contributed by atoms with Crippen molar-refractivity contribution in [2.24, 2.45) is 0 Å². The monoisotopic (exact) mass is 355 g/mol. The molecule has 7 heteroatoms. The first kappa shape index (κ1) is 17.2. The molecule has 1 atom stereocenters. The van der Waals surface area contributed by atoms with Crippen LogP contribution >= 0.6 is 11.8 Å². The van der Waals surface area contributed by atoms with Gasteiger partial charge in [0.25, 0.3) is 10.9 Å². The number of hydrogen-bond donors (Lipinski definition) is 0. The summed E-state index contributed by atoms with van der Waals surface area (Å²) in [5.41, 5.74) is 1.96. The maximum Gasteiger partial charge on any atom is 0.276 e. The van der Waals surface area contributed by atoms with E-state index in [-0.39, 0.29) is 16.5 Å². The van der Waals surface area contributed by atoms with Gasteiger partial charge in [-0.05, 0) is 11.5 Å². The van der Waals surface area contributed by atoms with E-state index in [1.807, 2.05) is 18.2 Å². The molecule has 0 N–H and O–H groups in total. The summed E-state index contributed by atoms with van der Waals surface area (Å²) < 4.78 is 5.67. The standard InChI is InChI=1S/C18H17N3O3S/c1-13(14-7-3-2-4-8-14)11-17-19-20-18(24-17)25-12-15-9-5-6-10-16(15)21(22)23/h2-10,13H,11-12H2,1H3. The SMILES string of the molecule is CC(Cc1nnc(SCc2ccccc2[N+](=O)[O-])o1)c1ccccc1. The number of nitro groups is 1. The molecule has 0 spiro atoms. The van der Waals surface area contributed by atoms with Gasteiger partial charge in [-0.15, -0.1) is 10.2 Å². The first-order chi connectivity index (χ1) is 12.1. The largest absolute Gasteiger partial charge is 0.416 e. The van der Waals surface area contributed by atoms with Crippen molar-refractivity contribution in [1.82, 2.24) is 10.2 Å². The summed E-state index contributed by atoms with van der Waals surface area (Å²) in [5, 5.41) is 19.6. The average molecular weight is 355 g/mol. The number of hydrogen-bond acceptors (Lipinski definition) is 6. The number of aromatic nitrogens is 2. The number of thioether (sulfide) groups is 1. The minimum atomic E-state index is -0.378. The van der Waals surface area contributed by atoms with Crippen molar-refractivity contribution in [3.05, 3.63) is 81.7 Å². The van der Waals surface area contributed by atoms with Gasteiger partial charge in [0.2, 0.25) is 5.89 Å². The molecule has 25 heavy (non-hydrogen) atoms. The van der Waals surface area contributed by atoms with Crippen LogP contribution in [0.25, 0.3) is 0 Å². The van der Waals surface area contributed by atoms with Crippen LogP contribution < -0.4 is 0 Å². The molecule has 0 radical (unpaired) electrons. The van der Waals surface area contributed by atoms with Gasteiger partial charge < -0.3 is 4.42 Å². The van der Waals surface area contributed by atoms with Crippen molar-refractivity contribution >= 4 is 17.4 Å². The molecular weight excluding hydrogens is 338 g/mol. The summed E-state index contributed by atoms with van der Waals surface area (Å²) in [6.07, 6.45) is 0.656. The fourth-order valence-electron chi connectivity index (χ4n) is 2.49. The molecule has 128 valence electrons. The Balaban J connectivity index is 1.62. The summed E-state index contributed by atoms with van der Waals surface area (Å²) in [5.74, 6) is 1.25. The van der Waals surface area contributed by atoms with E-state index in [1.165, 1.54) is 23.4 Å². The second kappa shape index (κ2) is 7.94. The number of nitrogens with zero attached hydrogens (tertiary/aromatic N) is 3. The number of para-hydroxylation sites is 1. The Morgan fingerprint density at radius 2 is 1.84 bits per heavy atom. The van der Waals surface area contributed by atoms with Gasteiger partial charge in [-0.3, -0.25) is 10.1 Å². The van der Waals surface area contributed by atoms with E-state index in [0.717, 1.165) is 0 Å². The molecule has 0 aliphatic rings. The molecule has 3 aromatic rings. The van der Waals surface area contributed by atoms with E-state index in [1.54, 1.807) is 18.2 Å². The number of benzene rings is 2. The zero-order chi connectivity index (χ0) is 17.6. The lowest BCUT2D eigenvalue weighted by molar-refractivity contribution is -0.385. The molecule has 0 fully saturated rings. The maximum atomic E-state index is 11.0. The van der Waals surface area contributed by atoms with Gasteiger partial charge in [0.15, 0.2) is 0 Å². The zero-order valence-electron chi connectivity index (χ0n) is 13.7. The fraction of sp³-hybridized carbons (Fsp3) is 0.222. The molecule has 0 saturated carbocycles. The first-order valence-electron chi connectivity index (χ1n) is 7.86. The van der Waals surface area contributed by atoms with E-state index < -0.39 is 0 Å². The molecule has 0 aliphatic heterocycles. The summed E-state index contributed by atoms with van der Waals surface area (Å²) in [4.78, 5) is 10.7. The average Bonchev–Trinajstić information content (AvgIpc) is 3.08. The van der Waals surface area contributed by atoms with Gasteiger partial charge in [-0.25, -0.2) is 0 Å². The van der Waals surface area contributed by atoms with Crippen LogP contribution in [0.5, 0.6) is 0 Å². The second-order valence-corrected chi connectivity index (χ2v) is 6.58. The van der Waals surface area contributed by atoms with Gasteiger partial charge in [-0.1, -0.05) is 67.2 Å². The van der Waals surface area contributed by atoms with Gasteiger partial charge in [0.1, 0.15) is 0 Å². The lowest BCUT2D eigenvalue weighted by atomic mass is 9.98. The summed E-state index contributed by atoms with van der Waals surface area (Å²) in [6.45, 7) is 2.11. The predicted molar refractivity (Wildman–Crippen MR) is 95.5 cm³/mol. The van der Waals surface area contributed by atoms with E-state index in [0.29, 0.717) is 28.9 Å². The number of rotatable bonds is 7. The van der Waals surface area contributed by atoms with Crippen molar-refractivity contribution in [3.63, 3.8) is 0 Å². The summed E-state index contributed by atoms with van der Waals surface area (Å²) in [6, 6.07) is 16.8. The van der Waals surface area contributed by atoms with Gasteiger partial charge >= 0.3 is 0 Å². The first-order valence-corrected chi connectivity index (χ1v) is 8.84. The number of nitro benzene ring substituents is 1. The van der Waals surface area contributed by atoms with Crippen molar-refractivity contribution in [3.8, 4) is 0 Å². The van der Waals surface area contributed by atoms with Crippen LogP contribution in [-0.4, -0.2) is 15.1 Å². The quantitative estimate of drug-likeness (QED) is 0.349. The highest BCUT2D eigenvalue weighted by Gasteiger charge is 2.16. The van der Waals surface area contributed by atoms with Crippen LogP contribution in [0.3, 0.4) is 0 Å². The molecule has 6 nitrogen and oxygen atoms in total. The Morgan fingerprint density at radius 3 is 2.60 bits per heavy atom. The Hall–Kier alpha value is -2.67. The Kier molecular flexibility index (Phi) is 5.45. The minimum absolute atomic E-state index is 0.104. The Bertz CT molecular complexity index is 852. The Labute approximate surface area is 149 Å². The topological polar surface area (TPSA) is 82.1 Å². The molecular formula is C18H17N3O3S. The Morgan fingerprint density at radius 1 is 1.12 bits per heavy atom. The van der Waals surface area contributed by atoms with Gasteiger partial charge in [-0.2, -0.15) is 0 Å². The molecule has 3 rings (SSSR count). The maximum absolute atomic E-state index is 11.0. The lowest BCUT2D eigenvalue weighted by Crippen LogP contribution is -1.98. The molecule has 0 bridgehead atoms. The van der Waals surface area contributed by atoms with Crippen LogP contribution in [0.1, 0.15) is 29.9 Å². The highest BCUT2D eigenvalue weighted by molar-refractivity contribution is 7.98. The zero-order valence-corrected chi connectivity index (χ0v) is 14.5. The highest BCUT2D eigenvalue weighted by Crippen LogP contribution is 2.28. The smallest absolute Gasteiger partial charge is 0.276 e. The van der Waals surface area contributed by atoms with Crippen molar-refractivity contribution in [1.29, 1.82) is 0 Å². The van der Waals surface area contributed by atoms with Crippen LogP contribution in [0.2, 0.25) is 0 Å². The molecule has 0 aliphatic carbocycles. The summed E-state index contributed by atoms with van der Waals surface area (Å²) in [7, 11) is 0. The van der Waals surface area contributed by atoms with Gasteiger partial charge in [0, 0.05) is 23.8 Å². The lowest BCUT2D eigenvalue weighted by Gasteiger charge is -2.08. The molecule has 2 aromatic carbocycles. The fourth-order valence-corrected chi connectivity index (χ4v) is 3.27.